The van der Waals surface area contributed by atoms with Crippen LogP contribution in [0.5, 0.6) is 0 Å². The summed E-state index contributed by atoms with van der Waals surface area (Å²) in [6, 6.07) is 0. The van der Waals surface area contributed by atoms with Gasteiger partial charge in [-0.15, -0.1) is 0 Å². The van der Waals surface area contributed by atoms with Crippen LogP contribution in [-0.2, 0) is 66.3 Å². The fraction of sp³-hybridized carbons (Fsp3) is 1.00. The molecule has 448 valence electrons. The van der Waals surface area contributed by atoms with Crippen LogP contribution in [0.4, 0.5) is 0 Å². The van der Waals surface area contributed by atoms with Crippen molar-refractivity contribution >= 4 is 88.4 Å². The summed E-state index contributed by atoms with van der Waals surface area (Å²) < 4.78 is 83.5. The molecular weight excluding hydrogens is 1180 g/mol. The first-order chi connectivity index (χ1) is 36.7. The molecular formula is C42H70O28S7. The van der Waals surface area contributed by atoms with E-state index in [2.05, 4.69) is 88.4 Å². The van der Waals surface area contributed by atoms with Gasteiger partial charge in [-0.2, -0.15) is 88.4 Å². The molecule has 15 heterocycles. The molecule has 0 unspecified atom stereocenters. The number of aliphatic hydroxyl groups excluding tert-OH is 14. The van der Waals surface area contributed by atoms with E-state index >= 15 is 0 Å². The van der Waals surface area contributed by atoms with Gasteiger partial charge in [0.1, 0.15) is 128 Å². The second-order valence-corrected chi connectivity index (χ2v) is 22.2. The van der Waals surface area contributed by atoms with E-state index < -0.39 is 215 Å². The average Bonchev–Trinajstić information content (AvgIpc) is 3.42. The average molecular weight is 1250 g/mol. The van der Waals surface area contributed by atoms with Crippen LogP contribution in [0.15, 0.2) is 0 Å². The lowest BCUT2D eigenvalue weighted by molar-refractivity contribution is -0.389. The lowest BCUT2D eigenvalue weighted by Crippen LogP contribution is -2.68. The molecule has 35 atom stereocenters. The molecule has 14 bridgehead atoms. The molecule has 0 saturated carbocycles. The normalized spacial score (nSPS) is 55.4. The van der Waals surface area contributed by atoms with Gasteiger partial charge in [-0.3, -0.25) is 0 Å². The Bertz CT molecular complexity index is 1490. The van der Waals surface area contributed by atoms with Crippen molar-refractivity contribution in [1.29, 1.82) is 0 Å². The Morgan fingerprint density at radius 2 is 0.273 bits per heavy atom. The van der Waals surface area contributed by atoms with Gasteiger partial charge in [0.25, 0.3) is 0 Å². The molecule has 15 rings (SSSR count). The minimum absolute atomic E-state index is 0.240. The Kier molecular flexibility index (Phi) is 23.2. The van der Waals surface area contributed by atoms with Crippen molar-refractivity contribution in [1.82, 2.24) is 0 Å². The minimum atomic E-state index is -1.99. The quantitative estimate of drug-likeness (QED) is 0.105. The van der Waals surface area contributed by atoms with Gasteiger partial charge >= 0.3 is 0 Å². The Labute approximate surface area is 478 Å². The molecule has 77 heavy (non-hydrogen) atoms. The highest BCUT2D eigenvalue weighted by Crippen LogP contribution is 2.39. The fourth-order valence-corrected chi connectivity index (χ4v) is 12.5. The van der Waals surface area contributed by atoms with Crippen LogP contribution >= 0.6 is 88.4 Å². The van der Waals surface area contributed by atoms with Gasteiger partial charge in [0.2, 0.25) is 0 Å². The van der Waals surface area contributed by atoms with Crippen LogP contribution in [0, 0.1) is 0 Å². The van der Waals surface area contributed by atoms with Crippen molar-refractivity contribution in [3.63, 3.8) is 0 Å². The number of rotatable bonds is 7. The Balaban J connectivity index is 1.08. The van der Waals surface area contributed by atoms with Crippen molar-refractivity contribution in [2.75, 3.05) is 40.3 Å². The summed E-state index contributed by atoms with van der Waals surface area (Å²) in [5.74, 6) is -1.68. The Hall–Kier alpha value is 1.33. The monoisotopic (exact) mass is 1250 g/mol. The highest BCUT2D eigenvalue weighted by molar-refractivity contribution is 7.81. The molecule has 14 N–H and O–H groups in total. The van der Waals surface area contributed by atoms with E-state index in [1.54, 1.807) is 0 Å². The highest BCUT2D eigenvalue weighted by Gasteiger charge is 2.59. The smallest absolute Gasteiger partial charge is 0.187 e. The predicted octanol–water partition coefficient (Wildman–Crippen LogP) is -8.67. The zero-order chi connectivity index (χ0) is 56.1. The van der Waals surface area contributed by atoms with E-state index in [1.165, 1.54) is 0 Å². The largest absolute Gasteiger partial charge is 0.387 e. The van der Waals surface area contributed by atoms with Gasteiger partial charge in [0, 0.05) is 40.3 Å². The summed E-state index contributed by atoms with van der Waals surface area (Å²) in [4.78, 5) is 0. The maximum Gasteiger partial charge on any atom is 0.187 e. The summed E-state index contributed by atoms with van der Waals surface area (Å²) in [7, 11) is 0. The summed E-state index contributed by atoms with van der Waals surface area (Å²) in [6.07, 6.45) is -59.8. The molecule has 15 aliphatic rings. The van der Waals surface area contributed by atoms with Crippen molar-refractivity contribution in [2.24, 2.45) is 0 Å². The third-order valence-electron chi connectivity index (χ3n) is 14.8. The lowest BCUT2D eigenvalue weighted by Gasteiger charge is -2.50. The maximum atomic E-state index is 11.5. The topological polar surface area (TPSA) is 412 Å². The summed E-state index contributed by atoms with van der Waals surface area (Å²) in [6.45, 7) is 0. The molecule has 0 aliphatic carbocycles. The third kappa shape index (κ3) is 13.1. The van der Waals surface area contributed by atoms with Crippen molar-refractivity contribution in [3.8, 4) is 0 Å². The first-order valence-electron chi connectivity index (χ1n) is 24.6. The molecule has 0 spiro atoms. The van der Waals surface area contributed by atoms with Gasteiger partial charge in [-0.25, -0.2) is 0 Å². The molecule has 0 aromatic rings. The van der Waals surface area contributed by atoms with E-state index in [1.807, 2.05) is 0 Å². The van der Waals surface area contributed by atoms with E-state index in [-0.39, 0.29) is 40.3 Å². The van der Waals surface area contributed by atoms with Crippen LogP contribution in [0.1, 0.15) is 0 Å². The van der Waals surface area contributed by atoms with E-state index in [0.717, 1.165) is 0 Å². The van der Waals surface area contributed by atoms with Crippen molar-refractivity contribution in [2.45, 2.75) is 215 Å². The zero-order valence-corrected chi connectivity index (χ0v) is 46.5. The molecule has 35 heteroatoms. The standard InChI is InChI=1S/C42H70O28S7/c43-15-22(50)36-57-8(1-71)29(15)64-37-23(51)16(44)31(10(3-73)58-37)66-39-25(53)18(46)33(12(5-75)60-39)68-41-27(55)20(48)35(14(7-77)62-41)70-42-28(56)21(49)34(13(6-76)63-42)69-40-26(54)19(47)32(11(4-74)61-40)67-38-24(52)17(45)30(65-36)9(2-72)59-38/h8-56,71-77H,1-7H2/t8-,9-,10-,11-,12-,13+,14+,15+,16+,17-,18+,19-,20-,21-,22+,23+,24-,25+,26-,27-,28-,29-,30-,31-,32-,33-,34-,35-,36+,37+,38+,39+,40+,41+,42+/m1/s1. The molecule has 0 aromatic carbocycles. The van der Waals surface area contributed by atoms with Crippen LogP contribution in [0.25, 0.3) is 0 Å². The zero-order valence-electron chi connectivity index (χ0n) is 40.3. The first kappa shape index (κ1) is 64.3. The van der Waals surface area contributed by atoms with Gasteiger partial charge in [0.15, 0.2) is 44.0 Å². The first-order valence-corrected chi connectivity index (χ1v) is 29.0. The highest BCUT2D eigenvalue weighted by atomic mass is 32.1. The summed E-state index contributed by atoms with van der Waals surface area (Å²) in [5, 5.41) is 160. The second-order valence-electron chi connectivity index (χ2n) is 19.7. The van der Waals surface area contributed by atoms with Crippen molar-refractivity contribution in [3.05, 3.63) is 0 Å². The minimum Gasteiger partial charge on any atom is -0.387 e. The molecule has 15 aliphatic heterocycles. The maximum absolute atomic E-state index is 11.5. The number of fused-ring (bicyclic) bond motifs is 7. The third-order valence-corrected chi connectivity index (χ3v) is 17.3. The van der Waals surface area contributed by atoms with Gasteiger partial charge in [-0.1, -0.05) is 0 Å². The van der Waals surface area contributed by atoms with Crippen LogP contribution in [0.2, 0.25) is 0 Å². The SMILES string of the molecule is O[C@@H]1[C@@H]2O[C@H]3[C@H](O)[C@@H](O)[C@H](O[C@H]4[C@H](O)[C@@H](O)[C@H](O[C@H]5[C@H](O)[C@@H](O)[C@H](O[C@H]6[C@H](O)[C@@H](O)[C@H](O[C@H]7[C@@H](O)[C@H](O)[C@H](O[C@H]8[C@@H](O)[C@H](O)[C@H](O[C@@H]([C@H]1O)[C@@H](CS)O2)O[C@@H]8CS)O[C@@H]7CS)O[C@H]6CS)O[C@H]5CS)O[C@@H]4CS)O[C@@H]3CS. The molecule has 0 amide bonds. The molecule has 15 fully saturated rings. The number of hydrogen-bond donors (Lipinski definition) is 21. The van der Waals surface area contributed by atoms with Gasteiger partial charge in [0.05, 0.1) is 42.7 Å². The molecule has 0 aromatic heterocycles. The lowest BCUT2D eigenvalue weighted by atomic mass is 9.95. The van der Waals surface area contributed by atoms with Crippen LogP contribution in [0.3, 0.4) is 0 Å². The van der Waals surface area contributed by atoms with E-state index in [0.29, 0.717) is 0 Å². The Morgan fingerprint density at radius 3 is 0.364 bits per heavy atom. The fourth-order valence-electron chi connectivity index (χ4n) is 10.4. The van der Waals surface area contributed by atoms with Crippen LogP contribution < -0.4 is 0 Å². The van der Waals surface area contributed by atoms with E-state index in [9.17, 15) is 71.5 Å². The number of thiol groups is 7. The van der Waals surface area contributed by atoms with Crippen LogP contribution in [-0.4, -0.2) is 327 Å². The van der Waals surface area contributed by atoms with Crippen molar-refractivity contribution < 1.29 is 138 Å². The Morgan fingerprint density at radius 1 is 0.169 bits per heavy atom. The second kappa shape index (κ2) is 27.8. The molecule has 0 radical (unpaired) electrons. The number of aliphatic hydroxyl groups is 14. The predicted molar refractivity (Wildman–Crippen MR) is 276 cm³/mol. The number of ether oxygens (including phenoxy) is 14. The van der Waals surface area contributed by atoms with Gasteiger partial charge in [-0.05, 0) is 0 Å². The molecule has 15 saturated heterocycles. The summed E-state index contributed by atoms with van der Waals surface area (Å²) in [5.41, 5.74) is 0. The van der Waals surface area contributed by atoms with E-state index in [4.69, 9.17) is 66.3 Å². The van der Waals surface area contributed by atoms with Gasteiger partial charge < -0.3 is 138 Å². The summed E-state index contributed by atoms with van der Waals surface area (Å²) >= 11 is 30.2. The molecule has 28 nitrogen and oxygen atoms in total. The number of hydrogen-bond acceptors (Lipinski definition) is 35.